The second kappa shape index (κ2) is 5.44. The summed E-state index contributed by atoms with van der Waals surface area (Å²) in [5.74, 6) is 0. The molecule has 1 N–H and O–H groups in total. The van der Waals surface area contributed by atoms with Gasteiger partial charge in [-0.1, -0.05) is 0 Å². The Morgan fingerprint density at radius 3 is 2.68 bits per heavy atom. The van der Waals surface area contributed by atoms with Crippen LogP contribution in [0.4, 0.5) is 5.69 Å². The van der Waals surface area contributed by atoms with Gasteiger partial charge in [-0.3, -0.25) is 10.00 Å². The lowest BCUT2D eigenvalue weighted by Gasteiger charge is -2.35. The number of rotatable bonds is 4. The number of imidazole rings is 1. The highest BCUT2D eigenvalue weighted by Crippen LogP contribution is 2.13. The van der Waals surface area contributed by atoms with E-state index in [1.54, 1.807) is 0 Å². The minimum absolute atomic E-state index is 1.07. The van der Waals surface area contributed by atoms with Crippen LogP contribution in [0.5, 0.6) is 0 Å². The molecule has 0 spiro atoms. The van der Waals surface area contributed by atoms with Gasteiger partial charge in [0.2, 0.25) is 0 Å². The predicted molar refractivity (Wildman–Crippen MR) is 74.2 cm³/mol. The van der Waals surface area contributed by atoms with Crippen molar-refractivity contribution in [3.63, 3.8) is 0 Å². The van der Waals surface area contributed by atoms with E-state index in [2.05, 4.69) is 36.6 Å². The highest BCUT2D eigenvalue weighted by Gasteiger charge is 2.17. The van der Waals surface area contributed by atoms with E-state index < -0.39 is 0 Å². The lowest BCUT2D eigenvalue weighted by Crippen LogP contribution is -2.46. The molecule has 0 aromatic carbocycles. The average molecular weight is 260 g/mol. The monoisotopic (exact) mass is 260 g/mol. The summed E-state index contributed by atoms with van der Waals surface area (Å²) in [6.07, 6.45) is 8.76. The van der Waals surface area contributed by atoms with Crippen molar-refractivity contribution in [3.8, 4) is 0 Å². The van der Waals surface area contributed by atoms with Gasteiger partial charge in [-0.2, -0.15) is 5.10 Å². The number of H-pyrrole nitrogens is 1. The van der Waals surface area contributed by atoms with E-state index in [0.29, 0.717) is 0 Å². The molecule has 6 nitrogen and oxygen atoms in total. The van der Waals surface area contributed by atoms with E-state index in [1.807, 2.05) is 24.9 Å². The number of nitrogens with one attached hydrogen (secondary N) is 1. The SMILES string of the molecule is Cn1cncc1CCN1CCN(c2cn[nH]c2)CC1. The quantitative estimate of drug-likeness (QED) is 0.870. The third-order valence-electron chi connectivity index (χ3n) is 3.82. The van der Waals surface area contributed by atoms with Gasteiger partial charge < -0.3 is 9.47 Å². The zero-order valence-corrected chi connectivity index (χ0v) is 11.3. The van der Waals surface area contributed by atoms with E-state index in [4.69, 9.17) is 0 Å². The number of hydrogen-bond acceptors (Lipinski definition) is 4. The zero-order chi connectivity index (χ0) is 13.1. The van der Waals surface area contributed by atoms with Crippen LogP contribution in [0.1, 0.15) is 5.69 Å². The van der Waals surface area contributed by atoms with Crippen LogP contribution < -0.4 is 4.90 Å². The Hall–Kier alpha value is -1.82. The highest BCUT2D eigenvalue weighted by atomic mass is 15.3. The van der Waals surface area contributed by atoms with Crippen LogP contribution >= 0.6 is 0 Å². The second-order valence-electron chi connectivity index (χ2n) is 5.03. The van der Waals surface area contributed by atoms with Crippen molar-refractivity contribution >= 4 is 5.69 Å². The fraction of sp³-hybridized carbons (Fsp3) is 0.538. The van der Waals surface area contributed by atoms with E-state index in [1.165, 1.54) is 11.4 Å². The molecule has 0 aliphatic carbocycles. The standard InChI is InChI=1S/C13H20N6/c1-17-11-14-8-12(17)2-3-18-4-6-19(7-5-18)13-9-15-16-10-13/h8-11H,2-7H2,1H3,(H,15,16). The molecule has 1 saturated heterocycles. The molecule has 0 bridgehead atoms. The smallest absolute Gasteiger partial charge is 0.0945 e. The molecule has 0 saturated carbocycles. The van der Waals surface area contributed by atoms with Crippen LogP contribution in [0, 0.1) is 0 Å². The molecule has 102 valence electrons. The first-order chi connectivity index (χ1) is 9.33. The molecular weight excluding hydrogens is 240 g/mol. The molecular formula is C13H20N6. The van der Waals surface area contributed by atoms with Crippen molar-refractivity contribution in [1.29, 1.82) is 0 Å². The average Bonchev–Trinajstić information content (AvgIpc) is 3.09. The summed E-state index contributed by atoms with van der Waals surface area (Å²) in [4.78, 5) is 9.05. The predicted octanol–water partition coefficient (Wildman–Crippen LogP) is 0.508. The Morgan fingerprint density at radius 1 is 1.21 bits per heavy atom. The van der Waals surface area contributed by atoms with Crippen molar-refractivity contribution in [2.24, 2.45) is 7.05 Å². The molecule has 1 aliphatic rings. The van der Waals surface area contributed by atoms with Gasteiger partial charge in [0, 0.05) is 64.3 Å². The molecule has 0 radical (unpaired) electrons. The van der Waals surface area contributed by atoms with Gasteiger partial charge in [-0.05, 0) is 0 Å². The largest absolute Gasteiger partial charge is 0.366 e. The normalized spacial score (nSPS) is 17.0. The highest BCUT2D eigenvalue weighted by molar-refractivity contribution is 5.42. The summed E-state index contributed by atoms with van der Waals surface area (Å²) < 4.78 is 2.10. The van der Waals surface area contributed by atoms with Gasteiger partial charge in [0.05, 0.1) is 18.2 Å². The molecule has 3 rings (SSSR count). The van der Waals surface area contributed by atoms with Gasteiger partial charge in [0.15, 0.2) is 0 Å². The number of aromatic nitrogens is 4. The summed E-state index contributed by atoms with van der Waals surface area (Å²) in [6.45, 7) is 5.49. The van der Waals surface area contributed by atoms with Crippen LogP contribution in [0.25, 0.3) is 0 Å². The Morgan fingerprint density at radius 2 is 2.05 bits per heavy atom. The molecule has 1 aliphatic heterocycles. The minimum atomic E-state index is 1.07. The molecule has 1 fully saturated rings. The summed E-state index contributed by atoms with van der Waals surface area (Å²) in [5, 5.41) is 6.88. The third-order valence-corrected chi connectivity index (χ3v) is 3.82. The van der Waals surface area contributed by atoms with Crippen molar-refractivity contribution in [2.75, 3.05) is 37.6 Å². The molecule has 2 aromatic rings. The zero-order valence-electron chi connectivity index (χ0n) is 11.3. The number of hydrogen-bond donors (Lipinski definition) is 1. The van der Waals surface area contributed by atoms with Gasteiger partial charge in [-0.15, -0.1) is 0 Å². The molecule has 0 amide bonds. The number of aryl methyl sites for hydroxylation is 1. The van der Waals surface area contributed by atoms with E-state index >= 15 is 0 Å². The first-order valence-electron chi connectivity index (χ1n) is 6.74. The van der Waals surface area contributed by atoms with Gasteiger partial charge in [-0.25, -0.2) is 4.98 Å². The van der Waals surface area contributed by atoms with Crippen LogP contribution in [0.3, 0.4) is 0 Å². The number of nitrogens with zero attached hydrogens (tertiary/aromatic N) is 5. The summed E-state index contributed by atoms with van der Waals surface area (Å²) in [5.41, 5.74) is 2.50. The van der Waals surface area contributed by atoms with E-state index in [9.17, 15) is 0 Å². The van der Waals surface area contributed by atoms with Crippen molar-refractivity contribution in [2.45, 2.75) is 6.42 Å². The number of aromatic amines is 1. The van der Waals surface area contributed by atoms with Gasteiger partial charge in [0.25, 0.3) is 0 Å². The lowest BCUT2D eigenvalue weighted by atomic mass is 10.2. The Kier molecular flexibility index (Phi) is 3.50. The molecule has 2 aromatic heterocycles. The maximum atomic E-state index is 4.16. The number of anilines is 1. The lowest BCUT2D eigenvalue weighted by molar-refractivity contribution is 0.259. The summed E-state index contributed by atoms with van der Waals surface area (Å²) >= 11 is 0. The van der Waals surface area contributed by atoms with Crippen molar-refractivity contribution in [1.82, 2.24) is 24.6 Å². The third kappa shape index (κ3) is 2.78. The van der Waals surface area contributed by atoms with Gasteiger partial charge >= 0.3 is 0 Å². The molecule has 0 atom stereocenters. The van der Waals surface area contributed by atoms with Gasteiger partial charge in [0.1, 0.15) is 0 Å². The van der Waals surface area contributed by atoms with E-state index in [0.717, 1.165) is 39.1 Å². The summed E-state index contributed by atoms with van der Waals surface area (Å²) in [6, 6.07) is 0. The molecule has 6 heteroatoms. The maximum absolute atomic E-state index is 4.16. The molecule has 19 heavy (non-hydrogen) atoms. The van der Waals surface area contributed by atoms with Crippen molar-refractivity contribution < 1.29 is 0 Å². The fourth-order valence-electron chi connectivity index (χ4n) is 2.54. The second-order valence-corrected chi connectivity index (χ2v) is 5.03. The molecule has 0 unspecified atom stereocenters. The maximum Gasteiger partial charge on any atom is 0.0945 e. The first-order valence-corrected chi connectivity index (χ1v) is 6.74. The van der Waals surface area contributed by atoms with Crippen LogP contribution in [-0.4, -0.2) is 57.4 Å². The Balaban J connectivity index is 1.47. The van der Waals surface area contributed by atoms with E-state index in [-0.39, 0.29) is 0 Å². The first kappa shape index (κ1) is 12.2. The van der Waals surface area contributed by atoms with Crippen LogP contribution in [-0.2, 0) is 13.5 Å². The Labute approximate surface area is 113 Å². The molecule has 3 heterocycles. The topological polar surface area (TPSA) is 53.0 Å². The van der Waals surface area contributed by atoms with Crippen LogP contribution in [0.15, 0.2) is 24.9 Å². The van der Waals surface area contributed by atoms with Crippen molar-refractivity contribution in [3.05, 3.63) is 30.6 Å². The summed E-state index contributed by atoms with van der Waals surface area (Å²) in [7, 11) is 2.05. The van der Waals surface area contributed by atoms with Crippen LogP contribution in [0.2, 0.25) is 0 Å². The fourth-order valence-corrected chi connectivity index (χ4v) is 2.54. The number of piperazine rings is 1. The minimum Gasteiger partial charge on any atom is -0.366 e. The Bertz CT molecular complexity index is 495.